The van der Waals surface area contributed by atoms with Gasteiger partial charge in [-0.05, 0) is 43.2 Å². The Morgan fingerprint density at radius 3 is 3.00 bits per heavy atom. The Hall–Kier alpha value is -2.04. The van der Waals surface area contributed by atoms with Crippen molar-refractivity contribution in [1.82, 2.24) is 9.61 Å². The summed E-state index contributed by atoms with van der Waals surface area (Å²) in [7, 11) is 0. The monoisotopic (exact) mass is 270 g/mol. The highest BCUT2D eigenvalue weighted by Crippen LogP contribution is 2.46. The summed E-state index contributed by atoms with van der Waals surface area (Å²) in [6, 6.07) is 4.36. The minimum atomic E-state index is -0.424. The minimum absolute atomic E-state index is 0.424. The molecule has 3 atom stereocenters. The van der Waals surface area contributed by atoms with E-state index in [0.717, 1.165) is 23.0 Å². The minimum Gasteiger partial charge on any atom is -0.380 e. The molecule has 2 aliphatic carbocycles. The van der Waals surface area contributed by atoms with Gasteiger partial charge in [0.05, 0.1) is 23.0 Å². The molecule has 0 unspecified atom stereocenters. The van der Waals surface area contributed by atoms with E-state index in [4.69, 9.17) is 5.73 Å². The van der Waals surface area contributed by atoms with Crippen LogP contribution in [0.3, 0.4) is 0 Å². The van der Waals surface area contributed by atoms with Crippen molar-refractivity contribution >= 4 is 17.1 Å². The SMILES string of the molecule is NC(=O)c1cnn2cccc2c1N[C@@H]1C[C@H]2CC[C@@H]1C2. The van der Waals surface area contributed by atoms with E-state index in [9.17, 15) is 4.79 Å². The van der Waals surface area contributed by atoms with Gasteiger partial charge in [0.25, 0.3) is 5.91 Å². The van der Waals surface area contributed by atoms with Crippen LogP contribution in [-0.4, -0.2) is 21.6 Å². The van der Waals surface area contributed by atoms with Gasteiger partial charge in [-0.2, -0.15) is 5.10 Å². The molecule has 0 radical (unpaired) electrons. The number of fused-ring (bicyclic) bond motifs is 3. The summed E-state index contributed by atoms with van der Waals surface area (Å²) in [5.74, 6) is 1.18. The van der Waals surface area contributed by atoms with E-state index in [0.29, 0.717) is 11.6 Å². The van der Waals surface area contributed by atoms with Crippen LogP contribution in [0.25, 0.3) is 5.52 Å². The Bertz CT molecular complexity index is 678. The second-order valence-corrected chi connectivity index (χ2v) is 6.06. The molecule has 0 saturated heterocycles. The summed E-state index contributed by atoms with van der Waals surface area (Å²) < 4.78 is 1.78. The normalized spacial score (nSPS) is 28.1. The smallest absolute Gasteiger partial charge is 0.252 e. The largest absolute Gasteiger partial charge is 0.380 e. The van der Waals surface area contributed by atoms with Crippen LogP contribution in [0.5, 0.6) is 0 Å². The lowest BCUT2D eigenvalue weighted by Gasteiger charge is -2.25. The lowest BCUT2D eigenvalue weighted by Crippen LogP contribution is -2.28. The summed E-state index contributed by atoms with van der Waals surface area (Å²) in [6.45, 7) is 0. The maximum absolute atomic E-state index is 11.7. The van der Waals surface area contributed by atoms with Crippen molar-refractivity contribution in [2.24, 2.45) is 17.6 Å². The molecular weight excluding hydrogens is 252 g/mol. The molecule has 5 heteroatoms. The first-order valence-electron chi connectivity index (χ1n) is 7.25. The van der Waals surface area contributed by atoms with Crippen molar-refractivity contribution in [1.29, 1.82) is 0 Å². The van der Waals surface area contributed by atoms with E-state index in [1.807, 2.05) is 18.3 Å². The standard InChI is InChI=1S/C15H18N4O/c16-15(20)11-8-17-19-5-1-2-13(19)14(11)18-12-7-9-3-4-10(12)6-9/h1-2,5,8-10,12,18H,3-4,6-7H2,(H2,16,20)/t9-,10+,12+/m0/s1. The van der Waals surface area contributed by atoms with Crippen molar-refractivity contribution in [3.8, 4) is 0 Å². The summed E-state index contributed by atoms with van der Waals surface area (Å²) >= 11 is 0. The molecule has 2 saturated carbocycles. The van der Waals surface area contributed by atoms with E-state index in [1.165, 1.54) is 25.7 Å². The number of anilines is 1. The highest BCUT2D eigenvalue weighted by atomic mass is 16.1. The average molecular weight is 270 g/mol. The van der Waals surface area contributed by atoms with Crippen LogP contribution >= 0.6 is 0 Å². The first-order chi connectivity index (χ1) is 9.72. The fraction of sp³-hybridized carbons (Fsp3) is 0.467. The zero-order valence-electron chi connectivity index (χ0n) is 11.2. The number of nitrogens with two attached hydrogens (primary N) is 1. The number of hydrogen-bond donors (Lipinski definition) is 2. The fourth-order valence-corrected chi connectivity index (χ4v) is 3.94. The number of nitrogens with one attached hydrogen (secondary N) is 1. The van der Waals surface area contributed by atoms with Crippen molar-refractivity contribution < 1.29 is 4.79 Å². The number of aromatic nitrogens is 2. The molecule has 2 aromatic rings. The zero-order valence-corrected chi connectivity index (χ0v) is 11.2. The third-order valence-electron chi connectivity index (χ3n) is 4.90. The number of nitrogens with zero attached hydrogens (tertiary/aromatic N) is 2. The van der Waals surface area contributed by atoms with Gasteiger partial charge in [-0.3, -0.25) is 4.79 Å². The molecule has 2 aromatic heterocycles. The van der Waals surface area contributed by atoms with Crippen LogP contribution in [0.2, 0.25) is 0 Å². The van der Waals surface area contributed by atoms with Gasteiger partial charge >= 0.3 is 0 Å². The first kappa shape index (κ1) is 11.8. The molecule has 3 N–H and O–H groups in total. The van der Waals surface area contributed by atoms with Crippen LogP contribution < -0.4 is 11.1 Å². The number of amides is 1. The van der Waals surface area contributed by atoms with Crippen molar-refractivity contribution in [3.63, 3.8) is 0 Å². The van der Waals surface area contributed by atoms with Crippen LogP contribution in [0, 0.1) is 11.8 Å². The second kappa shape index (κ2) is 4.23. The molecule has 0 aliphatic heterocycles. The van der Waals surface area contributed by atoms with Gasteiger partial charge in [0.1, 0.15) is 0 Å². The van der Waals surface area contributed by atoms with Gasteiger partial charge in [0, 0.05) is 12.2 Å². The molecule has 1 amide bonds. The van der Waals surface area contributed by atoms with Crippen molar-refractivity contribution in [2.75, 3.05) is 5.32 Å². The Morgan fingerprint density at radius 1 is 1.40 bits per heavy atom. The zero-order chi connectivity index (χ0) is 13.7. The molecule has 2 bridgehead atoms. The second-order valence-electron chi connectivity index (χ2n) is 6.06. The molecule has 0 spiro atoms. The maximum Gasteiger partial charge on any atom is 0.252 e. The third-order valence-corrected chi connectivity index (χ3v) is 4.90. The lowest BCUT2D eigenvalue weighted by molar-refractivity contribution is 0.100. The van der Waals surface area contributed by atoms with Crippen LogP contribution in [-0.2, 0) is 0 Å². The molecular formula is C15H18N4O. The molecule has 2 aliphatic rings. The summed E-state index contributed by atoms with van der Waals surface area (Å²) in [5, 5.41) is 7.81. The van der Waals surface area contributed by atoms with Gasteiger partial charge in [0.2, 0.25) is 0 Å². The van der Waals surface area contributed by atoms with Crippen LogP contribution in [0.4, 0.5) is 5.69 Å². The van der Waals surface area contributed by atoms with Crippen LogP contribution in [0.15, 0.2) is 24.5 Å². The molecule has 20 heavy (non-hydrogen) atoms. The van der Waals surface area contributed by atoms with E-state index in [-0.39, 0.29) is 0 Å². The van der Waals surface area contributed by atoms with E-state index in [2.05, 4.69) is 10.4 Å². The predicted octanol–water partition coefficient (Wildman–Crippen LogP) is 2.03. The highest BCUT2D eigenvalue weighted by molar-refractivity contribution is 6.01. The van der Waals surface area contributed by atoms with Gasteiger partial charge in [0.15, 0.2) is 0 Å². The molecule has 4 rings (SSSR count). The Kier molecular flexibility index (Phi) is 2.49. The summed E-state index contributed by atoms with van der Waals surface area (Å²) in [6.07, 6.45) is 8.64. The Balaban J connectivity index is 1.75. The van der Waals surface area contributed by atoms with Crippen molar-refractivity contribution in [3.05, 3.63) is 30.1 Å². The lowest BCUT2D eigenvalue weighted by atomic mass is 9.95. The molecule has 2 heterocycles. The van der Waals surface area contributed by atoms with E-state index >= 15 is 0 Å². The van der Waals surface area contributed by atoms with Crippen molar-refractivity contribution in [2.45, 2.75) is 31.7 Å². The Labute approximate surface area is 117 Å². The molecule has 5 nitrogen and oxygen atoms in total. The van der Waals surface area contributed by atoms with E-state index < -0.39 is 5.91 Å². The summed E-state index contributed by atoms with van der Waals surface area (Å²) in [5.41, 5.74) is 7.74. The maximum atomic E-state index is 11.7. The van der Waals surface area contributed by atoms with E-state index in [1.54, 1.807) is 10.7 Å². The van der Waals surface area contributed by atoms with Gasteiger partial charge in [-0.25, -0.2) is 4.52 Å². The number of hydrogen-bond acceptors (Lipinski definition) is 3. The predicted molar refractivity (Wildman–Crippen MR) is 76.6 cm³/mol. The average Bonchev–Trinajstić information content (AvgIpc) is 3.14. The first-order valence-corrected chi connectivity index (χ1v) is 7.25. The van der Waals surface area contributed by atoms with Crippen LogP contribution in [0.1, 0.15) is 36.0 Å². The number of carbonyl (C=O) groups is 1. The third kappa shape index (κ3) is 1.69. The number of primary amides is 1. The topological polar surface area (TPSA) is 72.4 Å². The quantitative estimate of drug-likeness (QED) is 0.896. The van der Waals surface area contributed by atoms with Gasteiger partial charge in [-0.15, -0.1) is 0 Å². The Morgan fingerprint density at radius 2 is 2.30 bits per heavy atom. The van der Waals surface area contributed by atoms with Gasteiger partial charge in [-0.1, -0.05) is 6.42 Å². The highest BCUT2D eigenvalue weighted by Gasteiger charge is 2.39. The fourth-order valence-electron chi connectivity index (χ4n) is 3.94. The number of carbonyl (C=O) groups excluding carboxylic acids is 1. The molecule has 0 aromatic carbocycles. The summed E-state index contributed by atoms with van der Waals surface area (Å²) in [4.78, 5) is 11.7. The molecule has 2 fully saturated rings. The number of rotatable bonds is 3. The molecule has 104 valence electrons. The van der Waals surface area contributed by atoms with Gasteiger partial charge < -0.3 is 11.1 Å².